The average molecular weight is 262 g/mol. The van der Waals surface area contributed by atoms with Crippen molar-refractivity contribution >= 4 is 10.0 Å². The second-order valence-electron chi connectivity index (χ2n) is 5.21. The largest absolute Gasteiger partial charge is 0.314 e. The van der Waals surface area contributed by atoms with Crippen LogP contribution in [0, 0.1) is 5.92 Å². The van der Waals surface area contributed by atoms with E-state index < -0.39 is 10.0 Å². The average Bonchev–Trinajstić information content (AvgIpc) is 2.29. The van der Waals surface area contributed by atoms with E-state index in [0.29, 0.717) is 19.1 Å². The lowest BCUT2D eigenvalue weighted by Gasteiger charge is -2.31. The van der Waals surface area contributed by atoms with Gasteiger partial charge in [0, 0.05) is 19.1 Å². The molecule has 0 atom stereocenters. The minimum atomic E-state index is -2.97. The topological polar surface area (TPSA) is 49.4 Å². The van der Waals surface area contributed by atoms with Crippen LogP contribution >= 0.6 is 0 Å². The molecule has 17 heavy (non-hydrogen) atoms. The van der Waals surface area contributed by atoms with Gasteiger partial charge < -0.3 is 5.32 Å². The third-order valence-electron chi connectivity index (χ3n) is 3.37. The van der Waals surface area contributed by atoms with Gasteiger partial charge in [-0.2, -0.15) is 0 Å². The second kappa shape index (κ2) is 6.71. The molecular weight excluding hydrogens is 236 g/mol. The van der Waals surface area contributed by atoms with Crippen molar-refractivity contribution in [1.82, 2.24) is 9.62 Å². The molecule has 5 heteroatoms. The summed E-state index contributed by atoms with van der Waals surface area (Å²) in [6.45, 7) is 8.55. The summed E-state index contributed by atoms with van der Waals surface area (Å²) in [6, 6.07) is 0.497. The molecule has 0 aliphatic carbocycles. The molecule has 0 bridgehead atoms. The first-order valence-electron chi connectivity index (χ1n) is 6.67. The summed E-state index contributed by atoms with van der Waals surface area (Å²) in [4.78, 5) is 0. The van der Waals surface area contributed by atoms with Crippen LogP contribution in [0.3, 0.4) is 0 Å². The lowest BCUT2D eigenvalue weighted by atomic mass is 10.1. The Morgan fingerprint density at radius 2 is 1.88 bits per heavy atom. The van der Waals surface area contributed by atoms with Crippen molar-refractivity contribution in [2.75, 3.05) is 25.4 Å². The van der Waals surface area contributed by atoms with Gasteiger partial charge in [0.05, 0.1) is 5.75 Å². The molecule has 4 nitrogen and oxygen atoms in total. The van der Waals surface area contributed by atoms with Gasteiger partial charge in [0.1, 0.15) is 0 Å². The van der Waals surface area contributed by atoms with Crippen LogP contribution in [0.4, 0.5) is 0 Å². The van der Waals surface area contributed by atoms with Gasteiger partial charge in [0.2, 0.25) is 10.0 Å². The number of piperidine rings is 1. The molecule has 1 aliphatic heterocycles. The molecular formula is C12H26N2O2S. The first kappa shape index (κ1) is 14.9. The monoisotopic (exact) mass is 262 g/mol. The molecule has 1 rings (SSSR count). The Morgan fingerprint density at radius 3 is 2.35 bits per heavy atom. The standard InChI is InChI=1S/C12H26N2O2S/c1-4-17(15,16)14-9-6-12(7-10-14)13-8-5-11(2)3/h11-13H,4-10H2,1-3H3. The zero-order valence-corrected chi connectivity index (χ0v) is 12.1. The summed E-state index contributed by atoms with van der Waals surface area (Å²) >= 11 is 0. The highest BCUT2D eigenvalue weighted by Crippen LogP contribution is 2.14. The summed E-state index contributed by atoms with van der Waals surface area (Å²) in [5.41, 5.74) is 0. The summed E-state index contributed by atoms with van der Waals surface area (Å²) in [5.74, 6) is 0.946. The second-order valence-corrected chi connectivity index (χ2v) is 7.47. The van der Waals surface area contributed by atoms with E-state index in [1.54, 1.807) is 11.2 Å². The number of nitrogens with one attached hydrogen (secondary N) is 1. The first-order valence-corrected chi connectivity index (χ1v) is 8.27. The van der Waals surface area contributed by atoms with Crippen LogP contribution in [0.25, 0.3) is 0 Å². The maximum absolute atomic E-state index is 11.7. The summed E-state index contributed by atoms with van der Waals surface area (Å²) in [6.07, 6.45) is 3.07. The first-order chi connectivity index (χ1) is 7.95. The highest BCUT2D eigenvalue weighted by molar-refractivity contribution is 7.89. The predicted molar refractivity (Wildman–Crippen MR) is 71.5 cm³/mol. The van der Waals surface area contributed by atoms with E-state index in [1.807, 2.05) is 0 Å². The Bertz CT molecular complexity index is 306. The van der Waals surface area contributed by atoms with Crippen molar-refractivity contribution in [2.24, 2.45) is 5.92 Å². The van der Waals surface area contributed by atoms with Crippen LogP contribution in [-0.2, 0) is 10.0 Å². The van der Waals surface area contributed by atoms with Gasteiger partial charge in [-0.3, -0.25) is 0 Å². The van der Waals surface area contributed by atoms with Crippen LogP contribution in [-0.4, -0.2) is 44.2 Å². The molecule has 1 saturated heterocycles. The molecule has 0 saturated carbocycles. The predicted octanol–water partition coefficient (Wildman–Crippen LogP) is 1.44. The van der Waals surface area contributed by atoms with Crippen molar-refractivity contribution in [3.8, 4) is 0 Å². The maximum Gasteiger partial charge on any atom is 0.213 e. The van der Waals surface area contributed by atoms with E-state index in [2.05, 4.69) is 19.2 Å². The van der Waals surface area contributed by atoms with E-state index >= 15 is 0 Å². The lowest BCUT2D eigenvalue weighted by Crippen LogP contribution is -2.45. The van der Waals surface area contributed by atoms with Gasteiger partial charge in [0.15, 0.2) is 0 Å². The highest BCUT2D eigenvalue weighted by atomic mass is 32.2. The molecule has 0 unspecified atom stereocenters. The minimum Gasteiger partial charge on any atom is -0.314 e. The summed E-state index contributed by atoms with van der Waals surface area (Å²) in [7, 11) is -2.97. The molecule has 1 aliphatic rings. The summed E-state index contributed by atoms with van der Waals surface area (Å²) in [5, 5.41) is 3.52. The number of sulfonamides is 1. The van der Waals surface area contributed by atoms with Crippen LogP contribution in [0.5, 0.6) is 0 Å². The Kier molecular flexibility index (Phi) is 5.89. The van der Waals surface area contributed by atoms with Crippen LogP contribution < -0.4 is 5.32 Å². The molecule has 1 fully saturated rings. The molecule has 0 radical (unpaired) electrons. The van der Waals surface area contributed by atoms with Gasteiger partial charge in [0.25, 0.3) is 0 Å². The molecule has 0 aromatic carbocycles. The molecule has 0 aromatic heterocycles. The zero-order chi connectivity index (χ0) is 12.9. The summed E-state index contributed by atoms with van der Waals surface area (Å²) < 4.78 is 25.0. The molecule has 1 heterocycles. The Hall–Kier alpha value is -0.130. The molecule has 0 amide bonds. The van der Waals surface area contributed by atoms with Crippen molar-refractivity contribution in [2.45, 2.75) is 46.1 Å². The van der Waals surface area contributed by atoms with E-state index in [4.69, 9.17) is 0 Å². The van der Waals surface area contributed by atoms with Gasteiger partial charge in [-0.15, -0.1) is 0 Å². The van der Waals surface area contributed by atoms with Crippen molar-refractivity contribution in [3.63, 3.8) is 0 Å². The van der Waals surface area contributed by atoms with Crippen molar-refractivity contribution in [3.05, 3.63) is 0 Å². The van der Waals surface area contributed by atoms with Gasteiger partial charge >= 0.3 is 0 Å². The quantitative estimate of drug-likeness (QED) is 0.788. The lowest BCUT2D eigenvalue weighted by molar-refractivity contribution is 0.287. The van der Waals surface area contributed by atoms with Crippen LogP contribution in [0.1, 0.15) is 40.0 Å². The van der Waals surface area contributed by atoms with Crippen molar-refractivity contribution < 1.29 is 8.42 Å². The fourth-order valence-corrected chi connectivity index (χ4v) is 3.23. The molecule has 1 N–H and O–H groups in total. The van der Waals surface area contributed by atoms with E-state index in [1.165, 1.54) is 6.42 Å². The van der Waals surface area contributed by atoms with Crippen LogP contribution in [0.2, 0.25) is 0 Å². The molecule has 102 valence electrons. The van der Waals surface area contributed by atoms with E-state index in [0.717, 1.165) is 25.3 Å². The van der Waals surface area contributed by atoms with Gasteiger partial charge in [-0.1, -0.05) is 13.8 Å². The Morgan fingerprint density at radius 1 is 1.29 bits per heavy atom. The fraction of sp³-hybridized carbons (Fsp3) is 1.00. The van der Waals surface area contributed by atoms with Gasteiger partial charge in [-0.25, -0.2) is 12.7 Å². The van der Waals surface area contributed by atoms with E-state index in [-0.39, 0.29) is 5.75 Å². The number of rotatable bonds is 6. The highest BCUT2D eigenvalue weighted by Gasteiger charge is 2.26. The molecule has 0 aromatic rings. The number of nitrogens with zero attached hydrogens (tertiary/aromatic N) is 1. The normalized spacial score (nSPS) is 20.0. The Balaban J connectivity index is 2.27. The SMILES string of the molecule is CCS(=O)(=O)N1CCC(NCCC(C)C)CC1. The smallest absolute Gasteiger partial charge is 0.213 e. The minimum absolute atomic E-state index is 0.221. The maximum atomic E-state index is 11.7. The number of hydrogen-bond donors (Lipinski definition) is 1. The third kappa shape index (κ3) is 4.94. The number of hydrogen-bond acceptors (Lipinski definition) is 3. The Labute approximate surface area is 106 Å². The van der Waals surface area contributed by atoms with Crippen LogP contribution in [0.15, 0.2) is 0 Å². The molecule has 0 spiro atoms. The van der Waals surface area contributed by atoms with Crippen molar-refractivity contribution in [1.29, 1.82) is 0 Å². The fourth-order valence-electron chi connectivity index (χ4n) is 2.10. The van der Waals surface area contributed by atoms with E-state index in [9.17, 15) is 8.42 Å². The third-order valence-corrected chi connectivity index (χ3v) is 5.25. The zero-order valence-electron chi connectivity index (χ0n) is 11.3. The van der Waals surface area contributed by atoms with Gasteiger partial charge in [-0.05, 0) is 38.6 Å².